The molecular weight excluding hydrogens is 265 g/mol. The molecule has 2 rings (SSSR count). The second-order valence-electron chi connectivity index (χ2n) is 5.93. The molecule has 0 aliphatic rings. The summed E-state index contributed by atoms with van der Waals surface area (Å²) in [4.78, 5) is 0. The van der Waals surface area contributed by atoms with Gasteiger partial charge < -0.3 is 10.5 Å². The van der Waals surface area contributed by atoms with Gasteiger partial charge in [-0.05, 0) is 47.9 Å². The van der Waals surface area contributed by atoms with Gasteiger partial charge in [0.1, 0.15) is 11.6 Å². The second kappa shape index (κ2) is 5.86. The minimum absolute atomic E-state index is 0.186. The van der Waals surface area contributed by atoms with Crippen molar-refractivity contribution >= 4 is 0 Å². The summed E-state index contributed by atoms with van der Waals surface area (Å²) in [6.45, 7) is 6.18. The number of rotatable bonds is 4. The SMILES string of the molecule is COc1ccc(C(N)C(C)(C)c2ccc(F)cc2)c(C)c1. The Kier molecular flexibility index (Phi) is 4.33. The highest BCUT2D eigenvalue weighted by atomic mass is 19.1. The van der Waals surface area contributed by atoms with Gasteiger partial charge in [0.2, 0.25) is 0 Å². The second-order valence-corrected chi connectivity index (χ2v) is 5.93. The van der Waals surface area contributed by atoms with Crippen molar-refractivity contribution in [2.45, 2.75) is 32.2 Å². The van der Waals surface area contributed by atoms with Gasteiger partial charge in [-0.2, -0.15) is 0 Å². The maximum absolute atomic E-state index is 13.1. The summed E-state index contributed by atoms with van der Waals surface area (Å²) in [7, 11) is 1.65. The van der Waals surface area contributed by atoms with Crippen molar-refractivity contribution in [2.24, 2.45) is 5.73 Å². The first-order chi connectivity index (χ1) is 9.86. The number of hydrogen-bond donors (Lipinski definition) is 1. The molecule has 0 aromatic heterocycles. The first kappa shape index (κ1) is 15.5. The molecule has 0 aliphatic heterocycles. The molecule has 112 valence electrons. The van der Waals surface area contributed by atoms with Crippen molar-refractivity contribution < 1.29 is 9.13 Å². The van der Waals surface area contributed by atoms with Crippen LogP contribution in [0.15, 0.2) is 42.5 Å². The largest absolute Gasteiger partial charge is 0.497 e. The first-order valence-corrected chi connectivity index (χ1v) is 7.02. The van der Waals surface area contributed by atoms with E-state index in [0.717, 1.165) is 22.4 Å². The summed E-state index contributed by atoms with van der Waals surface area (Å²) in [6.07, 6.45) is 0. The van der Waals surface area contributed by atoms with E-state index in [1.807, 2.05) is 25.1 Å². The Morgan fingerprint density at radius 1 is 1.10 bits per heavy atom. The van der Waals surface area contributed by atoms with Crippen molar-refractivity contribution in [3.05, 3.63) is 65.0 Å². The van der Waals surface area contributed by atoms with Gasteiger partial charge in [-0.3, -0.25) is 0 Å². The van der Waals surface area contributed by atoms with Gasteiger partial charge in [-0.15, -0.1) is 0 Å². The number of hydrogen-bond acceptors (Lipinski definition) is 2. The minimum atomic E-state index is -0.299. The molecule has 0 spiro atoms. The number of halogens is 1. The summed E-state index contributed by atoms with van der Waals surface area (Å²) in [6, 6.07) is 12.3. The standard InChI is InChI=1S/C18H22FNO/c1-12-11-15(21-4)9-10-16(12)17(20)18(2,3)13-5-7-14(19)8-6-13/h5-11,17H,20H2,1-4H3. The third kappa shape index (κ3) is 3.08. The zero-order valence-electron chi connectivity index (χ0n) is 13.0. The molecule has 2 aromatic carbocycles. The van der Waals surface area contributed by atoms with E-state index in [1.165, 1.54) is 12.1 Å². The van der Waals surface area contributed by atoms with Crippen molar-refractivity contribution in [3.8, 4) is 5.75 Å². The van der Waals surface area contributed by atoms with E-state index >= 15 is 0 Å². The first-order valence-electron chi connectivity index (χ1n) is 7.02. The predicted octanol–water partition coefficient (Wildman–Crippen LogP) is 4.12. The molecule has 2 aromatic rings. The fourth-order valence-electron chi connectivity index (χ4n) is 2.57. The number of aryl methyl sites for hydroxylation is 1. The van der Waals surface area contributed by atoms with Gasteiger partial charge in [-0.25, -0.2) is 4.39 Å². The van der Waals surface area contributed by atoms with Crippen LogP contribution in [0.2, 0.25) is 0 Å². The lowest BCUT2D eigenvalue weighted by molar-refractivity contribution is 0.408. The fraction of sp³-hybridized carbons (Fsp3) is 0.333. The molecule has 1 atom stereocenters. The number of benzene rings is 2. The van der Waals surface area contributed by atoms with Crippen LogP contribution in [-0.4, -0.2) is 7.11 Å². The fourth-order valence-corrected chi connectivity index (χ4v) is 2.57. The summed E-state index contributed by atoms with van der Waals surface area (Å²) in [5.41, 5.74) is 9.39. The number of nitrogens with two attached hydrogens (primary N) is 1. The minimum Gasteiger partial charge on any atom is -0.497 e. The predicted molar refractivity (Wildman–Crippen MR) is 84.1 cm³/mol. The quantitative estimate of drug-likeness (QED) is 0.918. The normalized spacial score (nSPS) is 13.0. The third-order valence-electron chi connectivity index (χ3n) is 4.18. The van der Waals surface area contributed by atoms with Gasteiger partial charge in [0.05, 0.1) is 7.11 Å². The van der Waals surface area contributed by atoms with Crippen LogP contribution in [0.4, 0.5) is 4.39 Å². The summed E-state index contributed by atoms with van der Waals surface area (Å²) in [5.74, 6) is 0.590. The van der Waals surface area contributed by atoms with E-state index < -0.39 is 0 Å². The lowest BCUT2D eigenvalue weighted by Crippen LogP contribution is -2.33. The zero-order valence-corrected chi connectivity index (χ0v) is 13.0. The van der Waals surface area contributed by atoms with Crippen LogP contribution in [0.3, 0.4) is 0 Å². The molecule has 0 aliphatic carbocycles. The topological polar surface area (TPSA) is 35.2 Å². The Morgan fingerprint density at radius 3 is 2.24 bits per heavy atom. The van der Waals surface area contributed by atoms with Crippen LogP contribution < -0.4 is 10.5 Å². The average Bonchev–Trinajstić information content (AvgIpc) is 2.46. The molecule has 0 fully saturated rings. The van der Waals surface area contributed by atoms with E-state index in [-0.39, 0.29) is 17.3 Å². The van der Waals surface area contributed by atoms with Crippen molar-refractivity contribution in [3.63, 3.8) is 0 Å². The average molecular weight is 287 g/mol. The molecule has 0 radical (unpaired) electrons. The number of methoxy groups -OCH3 is 1. The van der Waals surface area contributed by atoms with E-state index in [1.54, 1.807) is 19.2 Å². The van der Waals surface area contributed by atoms with E-state index in [2.05, 4.69) is 13.8 Å². The highest BCUT2D eigenvalue weighted by Crippen LogP contribution is 2.37. The van der Waals surface area contributed by atoms with Gasteiger partial charge in [0.15, 0.2) is 0 Å². The van der Waals surface area contributed by atoms with E-state index in [4.69, 9.17) is 10.5 Å². The Labute approximate surface area is 125 Å². The van der Waals surface area contributed by atoms with E-state index in [0.29, 0.717) is 0 Å². The van der Waals surface area contributed by atoms with Crippen LogP contribution in [0.25, 0.3) is 0 Å². The van der Waals surface area contributed by atoms with Crippen molar-refractivity contribution in [1.29, 1.82) is 0 Å². The molecule has 0 saturated carbocycles. The third-order valence-corrected chi connectivity index (χ3v) is 4.18. The Balaban J connectivity index is 2.37. The molecule has 0 heterocycles. The summed E-state index contributed by atoms with van der Waals surface area (Å²) >= 11 is 0. The summed E-state index contributed by atoms with van der Waals surface area (Å²) < 4.78 is 18.3. The lowest BCUT2D eigenvalue weighted by atomic mass is 9.74. The van der Waals surface area contributed by atoms with E-state index in [9.17, 15) is 4.39 Å². The van der Waals surface area contributed by atoms with Crippen molar-refractivity contribution in [2.75, 3.05) is 7.11 Å². The monoisotopic (exact) mass is 287 g/mol. The molecule has 3 heteroatoms. The lowest BCUT2D eigenvalue weighted by Gasteiger charge is -2.33. The van der Waals surface area contributed by atoms with Crippen LogP contribution in [0.1, 0.15) is 36.6 Å². The number of ether oxygens (including phenoxy) is 1. The van der Waals surface area contributed by atoms with Gasteiger partial charge in [0, 0.05) is 11.5 Å². The molecule has 0 bridgehead atoms. The Bertz CT molecular complexity index is 620. The van der Waals surface area contributed by atoms with Gasteiger partial charge in [0.25, 0.3) is 0 Å². The van der Waals surface area contributed by atoms with Gasteiger partial charge >= 0.3 is 0 Å². The molecule has 2 N–H and O–H groups in total. The molecule has 0 amide bonds. The van der Waals surface area contributed by atoms with Crippen LogP contribution >= 0.6 is 0 Å². The maximum atomic E-state index is 13.1. The molecule has 1 unspecified atom stereocenters. The smallest absolute Gasteiger partial charge is 0.123 e. The highest BCUT2D eigenvalue weighted by Gasteiger charge is 2.30. The summed E-state index contributed by atoms with van der Waals surface area (Å²) in [5, 5.41) is 0. The Hall–Kier alpha value is -1.87. The van der Waals surface area contributed by atoms with Crippen LogP contribution in [0.5, 0.6) is 5.75 Å². The molecule has 21 heavy (non-hydrogen) atoms. The van der Waals surface area contributed by atoms with Gasteiger partial charge in [-0.1, -0.05) is 32.0 Å². The van der Waals surface area contributed by atoms with Crippen LogP contribution in [0, 0.1) is 12.7 Å². The zero-order chi connectivity index (χ0) is 15.6. The molecule has 0 saturated heterocycles. The molecular formula is C18H22FNO. The van der Waals surface area contributed by atoms with Crippen LogP contribution in [-0.2, 0) is 5.41 Å². The van der Waals surface area contributed by atoms with Crippen molar-refractivity contribution in [1.82, 2.24) is 0 Å². The Morgan fingerprint density at radius 2 is 1.71 bits per heavy atom. The maximum Gasteiger partial charge on any atom is 0.123 e. The molecule has 2 nitrogen and oxygen atoms in total. The highest BCUT2D eigenvalue weighted by molar-refractivity contribution is 5.40.